The van der Waals surface area contributed by atoms with Crippen LogP contribution in [0.1, 0.15) is 32.8 Å². The third-order valence-electron chi connectivity index (χ3n) is 3.85. The molecule has 1 unspecified atom stereocenters. The largest absolute Gasteiger partial charge is 0.370 e. The van der Waals surface area contributed by atoms with Gasteiger partial charge in [0, 0.05) is 6.54 Å². The number of nitrogens with zero attached hydrogens (tertiary/aromatic N) is 2. The predicted molar refractivity (Wildman–Crippen MR) is 81.2 cm³/mol. The highest BCUT2D eigenvalue weighted by molar-refractivity contribution is 5.80. The Bertz CT molecular complexity index is 439. The van der Waals surface area contributed by atoms with Crippen LogP contribution in [0.3, 0.4) is 0 Å². The van der Waals surface area contributed by atoms with Crippen molar-refractivity contribution >= 4 is 5.96 Å². The van der Waals surface area contributed by atoms with Crippen LogP contribution < -0.4 is 5.73 Å². The van der Waals surface area contributed by atoms with Crippen LogP contribution in [0.2, 0.25) is 0 Å². The van der Waals surface area contributed by atoms with E-state index >= 15 is 0 Å². The van der Waals surface area contributed by atoms with Gasteiger partial charge in [-0.25, -0.2) is 0 Å². The van der Waals surface area contributed by atoms with Crippen LogP contribution >= 0.6 is 0 Å². The van der Waals surface area contributed by atoms with E-state index in [1.54, 1.807) is 0 Å². The average Bonchev–Trinajstić information content (AvgIpc) is 2.66. The summed E-state index contributed by atoms with van der Waals surface area (Å²) >= 11 is 0. The van der Waals surface area contributed by atoms with Crippen LogP contribution in [-0.4, -0.2) is 29.5 Å². The molecule has 0 radical (unpaired) electrons. The van der Waals surface area contributed by atoms with Gasteiger partial charge >= 0.3 is 0 Å². The van der Waals surface area contributed by atoms with Crippen molar-refractivity contribution in [2.45, 2.75) is 39.2 Å². The molecule has 1 aromatic rings. The number of rotatable bonds is 5. The zero-order valence-corrected chi connectivity index (χ0v) is 12.3. The van der Waals surface area contributed by atoms with Crippen molar-refractivity contribution in [1.29, 1.82) is 0 Å². The number of aliphatic imine (C=N–C) groups is 1. The second kappa shape index (κ2) is 5.64. The normalized spacial score (nSPS) is 22.9. The van der Waals surface area contributed by atoms with Crippen molar-refractivity contribution in [2.75, 3.05) is 13.1 Å². The SMILES string of the molecule is CC(C)CN1C(N)=NCC1(C)CCc1ccccc1. The van der Waals surface area contributed by atoms with E-state index in [0.29, 0.717) is 11.9 Å². The standard InChI is InChI=1S/C16H25N3/c1-13(2)11-19-15(17)18-12-16(19,3)10-9-14-7-5-4-6-8-14/h4-8,13H,9-12H2,1-3H3,(H2,17,18). The number of nitrogens with two attached hydrogens (primary N) is 1. The Morgan fingerprint density at radius 2 is 2.00 bits per heavy atom. The summed E-state index contributed by atoms with van der Waals surface area (Å²) in [5, 5.41) is 0. The molecule has 0 saturated heterocycles. The Morgan fingerprint density at radius 1 is 1.32 bits per heavy atom. The molecule has 2 rings (SSSR count). The third-order valence-corrected chi connectivity index (χ3v) is 3.85. The van der Waals surface area contributed by atoms with Gasteiger partial charge in [-0.15, -0.1) is 0 Å². The smallest absolute Gasteiger partial charge is 0.191 e. The molecule has 0 aromatic heterocycles. The van der Waals surface area contributed by atoms with E-state index in [1.807, 2.05) is 0 Å². The van der Waals surface area contributed by atoms with Gasteiger partial charge in [-0.2, -0.15) is 0 Å². The van der Waals surface area contributed by atoms with E-state index in [4.69, 9.17) is 5.73 Å². The Labute approximate surface area is 116 Å². The first-order chi connectivity index (χ1) is 9.01. The molecule has 19 heavy (non-hydrogen) atoms. The van der Waals surface area contributed by atoms with E-state index in [1.165, 1.54) is 5.56 Å². The van der Waals surface area contributed by atoms with Gasteiger partial charge in [0.15, 0.2) is 5.96 Å². The minimum atomic E-state index is 0.0736. The molecule has 3 heteroatoms. The molecule has 1 aliphatic heterocycles. The number of benzene rings is 1. The molecule has 104 valence electrons. The Balaban J connectivity index is 2.01. The first kappa shape index (κ1) is 13.9. The summed E-state index contributed by atoms with van der Waals surface area (Å²) in [4.78, 5) is 6.75. The van der Waals surface area contributed by atoms with Crippen molar-refractivity contribution < 1.29 is 0 Å². The van der Waals surface area contributed by atoms with Crippen LogP contribution in [0.15, 0.2) is 35.3 Å². The van der Waals surface area contributed by atoms with E-state index in [-0.39, 0.29) is 5.54 Å². The first-order valence-corrected chi connectivity index (χ1v) is 7.13. The zero-order valence-electron chi connectivity index (χ0n) is 12.3. The minimum Gasteiger partial charge on any atom is -0.370 e. The van der Waals surface area contributed by atoms with Gasteiger partial charge in [-0.3, -0.25) is 4.99 Å². The van der Waals surface area contributed by atoms with Crippen molar-refractivity contribution in [1.82, 2.24) is 4.90 Å². The lowest BCUT2D eigenvalue weighted by atomic mass is 9.91. The molecule has 0 bridgehead atoms. The maximum Gasteiger partial charge on any atom is 0.191 e. The van der Waals surface area contributed by atoms with Crippen LogP contribution in [-0.2, 0) is 6.42 Å². The highest BCUT2D eigenvalue weighted by Crippen LogP contribution is 2.27. The maximum absolute atomic E-state index is 6.05. The fourth-order valence-corrected chi connectivity index (χ4v) is 2.65. The van der Waals surface area contributed by atoms with Crippen molar-refractivity contribution in [3.8, 4) is 0 Å². The molecule has 0 fully saturated rings. The van der Waals surface area contributed by atoms with Gasteiger partial charge in [0.1, 0.15) is 0 Å². The molecule has 0 aliphatic carbocycles. The molecular weight excluding hydrogens is 234 g/mol. The predicted octanol–water partition coefficient (Wildman–Crippen LogP) is 2.66. The Morgan fingerprint density at radius 3 is 2.63 bits per heavy atom. The molecule has 0 spiro atoms. The number of hydrogen-bond donors (Lipinski definition) is 1. The second-order valence-corrected chi connectivity index (χ2v) is 6.16. The summed E-state index contributed by atoms with van der Waals surface area (Å²) in [6, 6.07) is 10.6. The quantitative estimate of drug-likeness (QED) is 0.883. The number of aryl methyl sites for hydroxylation is 1. The molecule has 3 nitrogen and oxygen atoms in total. The van der Waals surface area contributed by atoms with Crippen LogP contribution in [0, 0.1) is 5.92 Å². The summed E-state index contributed by atoms with van der Waals surface area (Å²) in [6.45, 7) is 8.53. The van der Waals surface area contributed by atoms with Crippen molar-refractivity contribution in [3.63, 3.8) is 0 Å². The van der Waals surface area contributed by atoms with E-state index < -0.39 is 0 Å². The zero-order chi connectivity index (χ0) is 13.9. The third kappa shape index (κ3) is 3.28. The minimum absolute atomic E-state index is 0.0736. The fourth-order valence-electron chi connectivity index (χ4n) is 2.65. The monoisotopic (exact) mass is 259 g/mol. The number of guanidine groups is 1. The molecule has 1 aliphatic rings. The van der Waals surface area contributed by atoms with Crippen LogP contribution in [0.4, 0.5) is 0 Å². The van der Waals surface area contributed by atoms with E-state index in [2.05, 4.69) is 61.0 Å². The molecule has 0 amide bonds. The summed E-state index contributed by atoms with van der Waals surface area (Å²) in [5.41, 5.74) is 7.51. The Hall–Kier alpha value is -1.51. The van der Waals surface area contributed by atoms with E-state index in [9.17, 15) is 0 Å². The van der Waals surface area contributed by atoms with Crippen LogP contribution in [0.25, 0.3) is 0 Å². The summed E-state index contributed by atoms with van der Waals surface area (Å²) in [6.07, 6.45) is 2.17. The van der Waals surface area contributed by atoms with E-state index in [0.717, 1.165) is 25.9 Å². The first-order valence-electron chi connectivity index (χ1n) is 7.13. The second-order valence-electron chi connectivity index (χ2n) is 6.16. The molecule has 1 aromatic carbocycles. The topological polar surface area (TPSA) is 41.6 Å². The van der Waals surface area contributed by atoms with Crippen LogP contribution in [0.5, 0.6) is 0 Å². The molecular formula is C16H25N3. The highest BCUT2D eigenvalue weighted by atomic mass is 15.3. The number of hydrogen-bond acceptors (Lipinski definition) is 3. The van der Waals surface area contributed by atoms with Gasteiger partial charge in [-0.05, 0) is 31.2 Å². The summed E-state index contributed by atoms with van der Waals surface area (Å²) in [5.74, 6) is 1.31. The molecule has 2 N–H and O–H groups in total. The van der Waals surface area contributed by atoms with Gasteiger partial charge in [0.25, 0.3) is 0 Å². The lowest BCUT2D eigenvalue weighted by Gasteiger charge is -2.37. The van der Waals surface area contributed by atoms with Gasteiger partial charge in [0.05, 0.1) is 12.1 Å². The lowest BCUT2D eigenvalue weighted by molar-refractivity contribution is 0.190. The van der Waals surface area contributed by atoms with Gasteiger partial charge in [-0.1, -0.05) is 44.2 Å². The van der Waals surface area contributed by atoms with Crippen molar-refractivity contribution in [2.24, 2.45) is 16.6 Å². The fraction of sp³-hybridized carbons (Fsp3) is 0.562. The average molecular weight is 259 g/mol. The van der Waals surface area contributed by atoms with Gasteiger partial charge in [0.2, 0.25) is 0 Å². The summed E-state index contributed by atoms with van der Waals surface area (Å²) < 4.78 is 0. The molecule has 0 saturated carbocycles. The molecule has 1 heterocycles. The van der Waals surface area contributed by atoms with Gasteiger partial charge < -0.3 is 10.6 Å². The maximum atomic E-state index is 6.05. The van der Waals surface area contributed by atoms with Crippen molar-refractivity contribution in [3.05, 3.63) is 35.9 Å². The highest BCUT2D eigenvalue weighted by Gasteiger charge is 2.37. The Kier molecular flexibility index (Phi) is 4.13. The lowest BCUT2D eigenvalue weighted by Crippen LogP contribution is -2.51. The molecule has 1 atom stereocenters. The summed E-state index contributed by atoms with van der Waals surface area (Å²) in [7, 11) is 0.